The van der Waals surface area contributed by atoms with Crippen molar-refractivity contribution in [3.05, 3.63) is 131 Å². The Hall–Kier alpha value is -6.12. The number of hydrogen-bond acceptors (Lipinski definition) is 11. The number of amides is 2. The van der Waals surface area contributed by atoms with Gasteiger partial charge in [-0.15, -0.1) is 22.0 Å². The summed E-state index contributed by atoms with van der Waals surface area (Å²) in [6, 6.07) is 23.7. The molecule has 17 heteroatoms. The molecule has 2 amide bonds. The number of halogens is 3. The number of benzene rings is 3. The molecule has 0 atom stereocenters. The summed E-state index contributed by atoms with van der Waals surface area (Å²) in [5.74, 6) is 6.29. The summed E-state index contributed by atoms with van der Waals surface area (Å²) in [5.41, 5.74) is -0.115. The maximum Gasteiger partial charge on any atom is 0.418 e. The molecule has 3 aromatic carbocycles. The molecule has 0 spiro atoms. The van der Waals surface area contributed by atoms with Crippen LogP contribution >= 0.6 is 11.8 Å². The lowest BCUT2D eigenvalue weighted by Crippen LogP contribution is -2.49. The van der Waals surface area contributed by atoms with Gasteiger partial charge in [-0.05, 0) is 73.7 Å². The van der Waals surface area contributed by atoms with E-state index in [1.165, 1.54) is 30.1 Å². The quantitative estimate of drug-likeness (QED) is 0.0873. The van der Waals surface area contributed by atoms with E-state index in [1.807, 2.05) is 66.4 Å². The minimum absolute atomic E-state index is 0.184. The van der Waals surface area contributed by atoms with Gasteiger partial charge in [0.05, 0.1) is 22.6 Å². The zero-order valence-electron chi connectivity index (χ0n) is 30.5. The minimum Gasteiger partial charge on any atom is -0.494 e. The Morgan fingerprint density at radius 1 is 0.877 bits per heavy atom. The summed E-state index contributed by atoms with van der Waals surface area (Å²) < 4.78 is 75.3. The van der Waals surface area contributed by atoms with Gasteiger partial charge in [0.2, 0.25) is 0 Å². The van der Waals surface area contributed by atoms with Crippen molar-refractivity contribution in [3.8, 4) is 17.6 Å². The first kappa shape index (κ1) is 40.5. The fraction of sp³-hybridized carbons (Fsp3) is 0.225. The zero-order chi connectivity index (χ0) is 40.4. The second-order valence-electron chi connectivity index (χ2n) is 12.5. The van der Waals surface area contributed by atoms with Crippen molar-refractivity contribution in [1.29, 1.82) is 0 Å². The smallest absolute Gasteiger partial charge is 0.418 e. The Bertz CT molecular complexity index is 2380. The molecule has 1 saturated heterocycles. The summed E-state index contributed by atoms with van der Waals surface area (Å²) in [5, 5.41) is 10.7. The van der Waals surface area contributed by atoms with Crippen LogP contribution in [0.25, 0.3) is 0 Å². The Balaban J connectivity index is 1.03. The van der Waals surface area contributed by atoms with E-state index >= 15 is 0 Å². The molecule has 0 aliphatic carbocycles. The van der Waals surface area contributed by atoms with E-state index in [9.17, 15) is 31.2 Å². The molecule has 5 aromatic rings. The standard InChI is InChI=1S/C40H36F3N7O5S2/c1-2-55-31-8-6-7-28(24-31)11-12-29-23-30(27-44-26-29)39(52)50-20-18-49(19-21-50)37-16-15-36(46-47-37)38(51)48-57(53,54)33-13-14-35(34(25-33)40(41,42)43)45-17-22-56-32-9-4-3-5-10-32/h3-10,13-16,23-27,45H,2,17-22H2,1H3,(H,48,51). The molecule has 0 radical (unpaired) electrons. The van der Waals surface area contributed by atoms with Gasteiger partial charge < -0.3 is 19.9 Å². The number of ether oxygens (including phenoxy) is 1. The van der Waals surface area contributed by atoms with Crippen LogP contribution in [0.2, 0.25) is 0 Å². The predicted molar refractivity (Wildman–Crippen MR) is 210 cm³/mol. The highest BCUT2D eigenvalue weighted by molar-refractivity contribution is 7.99. The van der Waals surface area contributed by atoms with Crippen LogP contribution in [0.4, 0.5) is 24.7 Å². The minimum atomic E-state index is -4.87. The van der Waals surface area contributed by atoms with Crippen molar-refractivity contribution in [2.45, 2.75) is 22.9 Å². The maximum absolute atomic E-state index is 14.0. The van der Waals surface area contributed by atoms with E-state index in [2.05, 4.69) is 32.3 Å². The van der Waals surface area contributed by atoms with Crippen molar-refractivity contribution in [2.24, 2.45) is 0 Å². The highest BCUT2D eigenvalue weighted by Crippen LogP contribution is 2.36. The molecule has 1 fully saturated rings. The first-order valence-electron chi connectivity index (χ1n) is 17.7. The monoisotopic (exact) mass is 815 g/mol. The fourth-order valence-corrected chi connectivity index (χ4v) is 7.50. The molecular weight excluding hydrogens is 780 g/mol. The number of sulfonamides is 1. The predicted octanol–water partition coefficient (Wildman–Crippen LogP) is 5.97. The zero-order valence-corrected chi connectivity index (χ0v) is 32.1. The molecule has 0 unspecified atom stereocenters. The Morgan fingerprint density at radius 2 is 1.65 bits per heavy atom. The molecule has 0 saturated carbocycles. The summed E-state index contributed by atoms with van der Waals surface area (Å²) in [6.45, 7) is 4.11. The van der Waals surface area contributed by atoms with Gasteiger partial charge in [0.15, 0.2) is 11.5 Å². The Labute approximate surface area is 331 Å². The molecule has 2 aromatic heterocycles. The number of carbonyl (C=O) groups is 2. The van der Waals surface area contributed by atoms with Crippen molar-refractivity contribution in [3.63, 3.8) is 0 Å². The summed E-state index contributed by atoms with van der Waals surface area (Å²) in [7, 11) is -4.72. The van der Waals surface area contributed by atoms with Crippen LogP contribution in [0, 0.1) is 11.8 Å². The average Bonchev–Trinajstić information content (AvgIpc) is 3.22. The van der Waals surface area contributed by atoms with E-state index in [-0.39, 0.29) is 23.8 Å². The number of thioether (sulfide) groups is 1. The molecule has 1 aliphatic heterocycles. The summed E-state index contributed by atoms with van der Waals surface area (Å²) in [4.78, 5) is 34.1. The fourth-order valence-electron chi connectivity index (χ4n) is 5.72. The lowest BCUT2D eigenvalue weighted by molar-refractivity contribution is -0.137. The number of aromatic nitrogens is 3. The molecule has 12 nitrogen and oxygen atoms in total. The second-order valence-corrected chi connectivity index (χ2v) is 15.3. The number of rotatable bonds is 12. The van der Waals surface area contributed by atoms with E-state index in [0.717, 1.165) is 22.6 Å². The topological polar surface area (TPSA) is 147 Å². The largest absolute Gasteiger partial charge is 0.494 e. The second kappa shape index (κ2) is 18.2. The van der Waals surface area contributed by atoms with Gasteiger partial charge in [-0.1, -0.05) is 36.1 Å². The molecule has 2 N–H and O–H groups in total. The molecule has 0 bridgehead atoms. The summed E-state index contributed by atoms with van der Waals surface area (Å²) >= 11 is 1.45. The van der Waals surface area contributed by atoms with Crippen molar-refractivity contribution >= 4 is 45.1 Å². The number of anilines is 2. The maximum atomic E-state index is 14.0. The number of alkyl halides is 3. The Morgan fingerprint density at radius 3 is 2.37 bits per heavy atom. The van der Waals surface area contributed by atoms with Gasteiger partial charge in [-0.3, -0.25) is 14.6 Å². The van der Waals surface area contributed by atoms with Gasteiger partial charge in [0.25, 0.3) is 21.8 Å². The molecule has 294 valence electrons. The lowest BCUT2D eigenvalue weighted by atomic mass is 10.1. The lowest BCUT2D eigenvalue weighted by Gasteiger charge is -2.35. The number of carbonyl (C=O) groups excluding carboxylic acids is 2. The van der Waals surface area contributed by atoms with E-state index in [4.69, 9.17) is 4.74 Å². The van der Waals surface area contributed by atoms with Gasteiger partial charge >= 0.3 is 6.18 Å². The average molecular weight is 816 g/mol. The van der Waals surface area contributed by atoms with Crippen LogP contribution in [-0.4, -0.2) is 85.4 Å². The van der Waals surface area contributed by atoms with Gasteiger partial charge in [0.1, 0.15) is 5.75 Å². The van der Waals surface area contributed by atoms with Crippen molar-refractivity contribution < 1.29 is 35.9 Å². The SMILES string of the molecule is CCOc1cccc(C#Cc2cncc(C(=O)N3CCN(c4ccc(C(=O)NS(=O)(=O)c5ccc(NCCSc6ccccc6)c(C(F)(F)F)c5)nn4)CC3)c2)c1. The number of nitrogens with zero attached hydrogens (tertiary/aromatic N) is 5. The van der Waals surface area contributed by atoms with Crippen LogP contribution in [0.15, 0.2) is 113 Å². The molecule has 3 heterocycles. The van der Waals surface area contributed by atoms with Gasteiger partial charge in [-0.25, -0.2) is 13.1 Å². The molecule has 6 rings (SSSR count). The van der Waals surface area contributed by atoms with Crippen LogP contribution in [0.1, 0.15) is 44.5 Å². The van der Waals surface area contributed by atoms with Gasteiger partial charge in [-0.2, -0.15) is 13.2 Å². The number of pyridine rings is 1. The first-order valence-corrected chi connectivity index (χ1v) is 20.1. The first-order chi connectivity index (χ1) is 27.4. The van der Waals surface area contributed by atoms with E-state index in [0.29, 0.717) is 67.3 Å². The van der Waals surface area contributed by atoms with Crippen LogP contribution in [0.3, 0.4) is 0 Å². The van der Waals surface area contributed by atoms with Crippen molar-refractivity contribution in [1.82, 2.24) is 24.8 Å². The molecule has 57 heavy (non-hydrogen) atoms. The Kier molecular flexibility index (Phi) is 13.0. The third-order valence-corrected chi connectivity index (χ3v) is 10.9. The number of nitrogens with one attached hydrogen (secondary N) is 2. The number of hydrogen-bond donors (Lipinski definition) is 2. The van der Waals surface area contributed by atoms with E-state index < -0.39 is 32.6 Å². The molecule has 1 aliphatic rings. The van der Waals surface area contributed by atoms with E-state index in [1.54, 1.807) is 21.9 Å². The number of piperazine rings is 1. The van der Waals surface area contributed by atoms with Crippen LogP contribution in [-0.2, 0) is 16.2 Å². The highest BCUT2D eigenvalue weighted by Gasteiger charge is 2.35. The summed E-state index contributed by atoms with van der Waals surface area (Å²) in [6.07, 6.45) is -1.80. The molecular formula is C40H36F3N7O5S2. The third kappa shape index (κ3) is 10.8. The highest BCUT2D eigenvalue weighted by atomic mass is 32.2. The normalized spacial score (nSPS) is 13.0. The third-order valence-electron chi connectivity index (χ3n) is 8.52. The van der Waals surface area contributed by atoms with Crippen LogP contribution in [0.5, 0.6) is 5.75 Å². The van der Waals surface area contributed by atoms with Gasteiger partial charge in [0, 0.05) is 72.6 Å². The van der Waals surface area contributed by atoms with Crippen LogP contribution < -0.4 is 19.7 Å². The van der Waals surface area contributed by atoms with Crippen molar-refractivity contribution in [2.75, 3.05) is 55.3 Å².